The van der Waals surface area contributed by atoms with Gasteiger partial charge in [-0.1, -0.05) is 6.92 Å². The molecule has 1 aliphatic rings. The van der Waals surface area contributed by atoms with Crippen LogP contribution in [0.1, 0.15) is 19.8 Å². The molecule has 0 heterocycles. The van der Waals surface area contributed by atoms with Crippen molar-refractivity contribution in [3.8, 4) is 0 Å². The molecule has 0 aromatic rings. The second kappa shape index (κ2) is 5.32. The molecule has 82 valence electrons. The Hall–Kier alpha value is -0.610. The SMILES string of the molecule is COCCNC(=O)CNCC1(C)CC1. The van der Waals surface area contributed by atoms with Gasteiger partial charge >= 0.3 is 0 Å². The number of hydrogen-bond donors (Lipinski definition) is 2. The van der Waals surface area contributed by atoms with Gasteiger partial charge in [-0.05, 0) is 18.3 Å². The standard InChI is InChI=1S/C10H20N2O2/c1-10(3-4-10)8-11-7-9(13)12-5-6-14-2/h11H,3-8H2,1-2H3,(H,12,13). The Morgan fingerprint density at radius 2 is 2.21 bits per heavy atom. The van der Waals surface area contributed by atoms with Crippen LogP contribution in [0.15, 0.2) is 0 Å². The molecule has 1 rings (SSSR count). The molecule has 1 fully saturated rings. The maximum Gasteiger partial charge on any atom is 0.234 e. The Labute approximate surface area is 85.4 Å². The van der Waals surface area contributed by atoms with Gasteiger partial charge in [0.15, 0.2) is 0 Å². The highest BCUT2D eigenvalue weighted by molar-refractivity contribution is 5.77. The first kappa shape index (κ1) is 11.5. The molecule has 0 saturated heterocycles. The van der Waals surface area contributed by atoms with E-state index in [1.54, 1.807) is 7.11 Å². The molecule has 0 aromatic carbocycles. The second-order valence-corrected chi connectivity index (χ2v) is 4.26. The Kier molecular flexibility index (Phi) is 4.35. The predicted molar refractivity (Wildman–Crippen MR) is 55.1 cm³/mol. The lowest BCUT2D eigenvalue weighted by Crippen LogP contribution is -2.37. The third kappa shape index (κ3) is 4.58. The van der Waals surface area contributed by atoms with Crippen LogP contribution in [0.4, 0.5) is 0 Å². The van der Waals surface area contributed by atoms with E-state index in [0.717, 1.165) is 6.54 Å². The van der Waals surface area contributed by atoms with Crippen molar-refractivity contribution in [1.82, 2.24) is 10.6 Å². The van der Waals surface area contributed by atoms with Crippen molar-refractivity contribution in [3.05, 3.63) is 0 Å². The first-order valence-corrected chi connectivity index (χ1v) is 5.13. The lowest BCUT2D eigenvalue weighted by molar-refractivity contribution is -0.120. The fraction of sp³-hybridized carbons (Fsp3) is 0.900. The monoisotopic (exact) mass is 200 g/mol. The zero-order chi connectivity index (χ0) is 10.4. The smallest absolute Gasteiger partial charge is 0.234 e. The summed E-state index contributed by atoms with van der Waals surface area (Å²) in [5.74, 6) is 0.0475. The molecule has 1 saturated carbocycles. The number of carbonyl (C=O) groups is 1. The largest absolute Gasteiger partial charge is 0.383 e. The van der Waals surface area contributed by atoms with Crippen molar-refractivity contribution >= 4 is 5.91 Å². The Morgan fingerprint density at radius 1 is 1.50 bits per heavy atom. The molecule has 0 unspecified atom stereocenters. The molecule has 0 bridgehead atoms. The van der Waals surface area contributed by atoms with Crippen LogP contribution < -0.4 is 10.6 Å². The third-order valence-electron chi connectivity index (χ3n) is 2.57. The first-order valence-electron chi connectivity index (χ1n) is 5.13. The van der Waals surface area contributed by atoms with Crippen LogP contribution in [0.25, 0.3) is 0 Å². The normalized spacial score (nSPS) is 17.9. The molecule has 14 heavy (non-hydrogen) atoms. The van der Waals surface area contributed by atoms with Gasteiger partial charge in [-0.3, -0.25) is 4.79 Å². The van der Waals surface area contributed by atoms with Gasteiger partial charge in [0.25, 0.3) is 0 Å². The molecule has 1 amide bonds. The molecule has 0 atom stereocenters. The van der Waals surface area contributed by atoms with E-state index in [2.05, 4.69) is 17.6 Å². The third-order valence-corrected chi connectivity index (χ3v) is 2.57. The molecular weight excluding hydrogens is 180 g/mol. The van der Waals surface area contributed by atoms with E-state index in [4.69, 9.17) is 4.74 Å². The van der Waals surface area contributed by atoms with E-state index in [1.165, 1.54) is 12.8 Å². The molecular formula is C10H20N2O2. The van der Waals surface area contributed by atoms with Gasteiger partial charge in [0.1, 0.15) is 0 Å². The minimum absolute atomic E-state index is 0.0475. The Morgan fingerprint density at radius 3 is 2.79 bits per heavy atom. The van der Waals surface area contributed by atoms with Crippen molar-refractivity contribution in [2.75, 3.05) is 33.4 Å². The van der Waals surface area contributed by atoms with E-state index in [-0.39, 0.29) is 5.91 Å². The molecule has 2 N–H and O–H groups in total. The summed E-state index contributed by atoms with van der Waals surface area (Å²) in [6.07, 6.45) is 2.57. The van der Waals surface area contributed by atoms with Crippen molar-refractivity contribution in [1.29, 1.82) is 0 Å². The van der Waals surface area contributed by atoms with Gasteiger partial charge in [-0.2, -0.15) is 0 Å². The highest BCUT2D eigenvalue weighted by Gasteiger charge is 2.36. The number of amides is 1. The quantitative estimate of drug-likeness (QED) is 0.575. The van der Waals surface area contributed by atoms with Crippen molar-refractivity contribution in [2.24, 2.45) is 5.41 Å². The summed E-state index contributed by atoms with van der Waals surface area (Å²) in [6.45, 7) is 4.77. The van der Waals surface area contributed by atoms with Crippen LogP contribution in [0, 0.1) is 5.41 Å². The van der Waals surface area contributed by atoms with Crippen LogP contribution in [-0.4, -0.2) is 39.3 Å². The van der Waals surface area contributed by atoms with Crippen LogP contribution >= 0.6 is 0 Å². The molecule has 4 heteroatoms. The first-order chi connectivity index (χ1) is 6.66. The van der Waals surface area contributed by atoms with Crippen molar-refractivity contribution < 1.29 is 9.53 Å². The Balaban J connectivity index is 1.92. The number of carbonyl (C=O) groups excluding carboxylic acids is 1. The fourth-order valence-corrected chi connectivity index (χ4v) is 1.22. The molecule has 1 aliphatic carbocycles. The summed E-state index contributed by atoms with van der Waals surface area (Å²) in [7, 11) is 1.62. The topological polar surface area (TPSA) is 50.4 Å². The number of nitrogens with one attached hydrogen (secondary N) is 2. The summed E-state index contributed by atoms with van der Waals surface area (Å²) in [4.78, 5) is 11.2. The Bertz CT molecular complexity index is 191. The van der Waals surface area contributed by atoms with E-state index < -0.39 is 0 Å². The zero-order valence-electron chi connectivity index (χ0n) is 9.06. The van der Waals surface area contributed by atoms with E-state index in [9.17, 15) is 4.79 Å². The zero-order valence-corrected chi connectivity index (χ0v) is 9.06. The van der Waals surface area contributed by atoms with E-state index in [0.29, 0.717) is 25.1 Å². The van der Waals surface area contributed by atoms with Crippen LogP contribution in [0.2, 0.25) is 0 Å². The van der Waals surface area contributed by atoms with Gasteiger partial charge in [-0.25, -0.2) is 0 Å². The lowest BCUT2D eigenvalue weighted by Gasteiger charge is -2.09. The van der Waals surface area contributed by atoms with E-state index in [1.807, 2.05) is 0 Å². The number of ether oxygens (including phenoxy) is 1. The fourth-order valence-electron chi connectivity index (χ4n) is 1.22. The van der Waals surface area contributed by atoms with Crippen molar-refractivity contribution in [3.63, 3.8) is 0 Å². The number of rotatable bonds is 7. The maximum absolute atomic E-state index is 11.2. The summed E-state index contributed by atoms with van der Waals surface area (Å²) in [5.41, 5.74) is 0.465. The van der Waals surface area contributed by atoms with E-state index >= 15 is 0 Å². The van der Waals surface area contributed by atoms with Gasteiger partial charge in [0.05, 0.1) is 13.2 Å². The minimum atomic E-state index is 0.0475. The maximum atomic E-state index is 11.2. The van der Waals surface area contributed by atoms with Gasteiger partial charge in [0.2, 0.25) is 5.91 Å². The van der Waals surface area contributed by atoms with Crippen LogP contribution in [-0.2, 0) is 9.53 Å². The van der Waals surface area contributed by atoms with Crippen molar-refractivity contribution in [2.45, 2.75) is 19.8 Å². The number of methoxy groups -OCH3 is 1. The predicted octanol–water partition coefficient (Wildman–Crippen LogP) is 0.139. The summed E-state index contributed by atoms with van der Waals surface area (Å²) in [6, 6.07) is 0. The van der Waals surface area contributed by atoms with Gasteiger partial charge in [-0.15, -0.1) is 0 Å². The van der Waals surface area contributed by atoms with Crippen LogP contribution in [0.5, 0.6) is 0 Å². The highest BCUT2D eigenvalue weighted by atomic mass is 16.5. The van der Waals surface area contributed by atoms with Crippen LogP contribution in [0.3, 0.4) is 0 Å². The number of hydrogen-bond acceptors (Lipinski definition) is 3. The van der Waals surface area contributed by atoms with Gasteiger partial charge in [0, 0.05) is 20.2 Å². The summed E-state index contributed by atoms with van der Waals surface area (Å²) in [5, 5.41) is 5.93. The molecule has 4 nitrogen and oxygen atoms in total. The summed E-state index contributed by atoms with van der Waals surface area (Å²) >= 11 is 0. The second-order valence-electron chi connectivity index (χ2n) is 4.26. The molecule has 0 aliphatic heterocycles. The average Bonchev–Trinajstić information content (AvgIpc) is 2.84. The van der Waals surface area contributed by atoms with Gasteiger partial charge < -0.3 is 15.4 Å². The molecule has 0 spiro atoms. The lowest BCUT2D eigenvalue weighted by atomic mass is 10.1. The summed E-state index contributed by atoms with van der Waals surface area (Å²) < 4.78 is 4.83. The molecule has 0 radical (unpaired) electrons. The average molecular weight is 200 g/mol. The highest BCUT2D eigenvalue weighted by Crippen LogP contribution is 2.43. The molecule has 0 aromatic heterocycles. The minimum Gasteiger partial charge on any atom is -0.383 e.